The molecule has 0 radical (unpaired) electrons. The standard InChI is InChI=1S/C24H33NO2/c1-22-10-7-18(26)14-17(22)5-6-21-20(22)8-11-23(2)19(9-12-24(21,23)27)16-4-3-13-25-15-16/h3-4,13-15,18-21,26-27H,5-12H2,1-2H3/t18?,19?,20-,21-,22+,23-,24-/m1/s1. The summed E-state index contributed by atoms with van der Waals surface area (Å²) in [4.78, 5) is 4.36. The largest absolute Gasteiger partial charge is 0.389 e. The van der Waals surface area contributed by atoms with Crippen molar-refractivity contribution in [2.75, 3.05) is 0 Å². The molecule has 0 aromatic carbocycles. The zero-order valence-corrected chi connectivity index (χ0v) is 16.7. The Morgan fingerprint density at radius 1 is 1.04 bits per heavy atom. The maximum absolute atomic E-state index is 12.2. The SMILES string of the molecule is C[C@]12CCC(O)C=C1CC[C@@H]1[C@H]2CC[C@]2(C)C(c3cccnc3)CC[C@@]12O. The molecule has 1 aromatic rings. The number of pyridine rings is 1. The second kappa shape index (κ2) is 5.90. The van der Waals surface area contributed by atoms with Gasteiger partial charge in [-0.2, -0.15) is 0 Å². The molecule has 0 bridgehead atoms. The second-order valence-electron chi connectivity index (χ2n) is 10.2. The van der Waals surface area contributed by atoms with Crippen LogP contribution < -0.4 is 0 Å². The Bertz CT molecular complexity index is 761. The van der Waals surface area contributed by atoms with Crippen LogP contribution in [0.25, 0.3) is 0 Å². The third-order valence-corrected chi connectivity index (χ3v) is 9.36. The molecule has 0 saturated heterocycles. The number of fused-ring (bicyclic) bond motifs is 5. The number of allylic oxidation sites excluding steroid dienone is 1. The first kappa shape index (κ1) is 17.9. The minimum Gasteiger partial charge on any atom is -0.389 e. The Balaban J connectivity index is 1.52. The molecule has 0 amide bonds. The summed E-state index contributed by atoms with van der Waals surface area (Å²) in [5.74, 6) is 1.35. The van der Waals surface area contributed by atoms with E-state index in [-0.39, 0.29) is 16.9 Å². The monoisotopic (exact) mass is 367 g/mol. The fourth-order valence-electron chi connectivity index (χ4n) is 7.80. The van der Waals surface area contributed by atoms with Crippen molar-refractivity contribution in [2.45, 2.75) is 82.8 Å². The highest BCUT2D eigenvalue weighted by Crippen LogP contribution is 2.69. The third kappa shape index (κ3) is 2.31. The van der Waals surface area contributed by atoms with E-state index in [4.69, 9.17) is 0 Å². The summed E-state index contributed by atoms with van der Waals surface area (Å²) < 4.78 is 0. The number of nitrogens with zero attached hydrogens (tertiary/aromatic N) is 1. The Labute approximate surface area is 162 Å². The molecule has 4 aliphatic carbocycles. The van der Waals surface area contributed by atoms with E-state index in [1.165, 1.54) is 17.6 Å². The summed E-state index contributed by atoms with van der Waals surface area (Å²) in [6, 6.07) is 4.24. The van der Waals surface area contributed by atoms with E-state index in [9.17, 15) is 10.2 Å². The fraction of sp³-hybridized carbons (Fsp3) is 0.708. The molecule has 3 fully saturated rings. The molecule has 5 rings (SSSR count). The smallest absolute Gasteiger partial charge is 0.0738 e. The van der Waals surface area contributed by atoms with Gasteiger partial charge in [-0.05, 0) is 86.2 Å². The van der Waals surface area contributed by atoms with Crippen LogP contribution in [0.3, 0.4) is 0 Å². The van der Waals surface area contributed by atoms with Gasteiger partial charge in [-0.25, -0.2) is 0 Å². The molecule has 27 heavy (non-hydrogen) atoms. The van der Waals surface area contributed by atoms with Gasteiger partial charge >= 0.3 is 0 Å². The molecule has 7 atom stereocenters. The number of hydrogen-bond acceptors (Lipinski definition) is 3. The van der Waals surface area contributed by atoms with Gasteiger partial charge in [-0.15, -0.1) is 0 Å². The predicted octanol–water partition coefficient (Wildman–Crippen LogP) is 4.60. The fourth-order valence-corrected chi connectivity index (χ4v) is 7.80. The van der Waals surface area contributed by atoms with Crippen LogP contribution in [-0.2, 0) is 0 Å². The van der Waals surface area contributed by atoms with Gasteiger partial charge in [0.25, 0.3) is 0 Å². The van der Waals surface area contributed by atoms with Gasteiger partial charge in [0.05, 0.1) is 11.7 Å². The topological polar surface area (TPSA) is 53.4 Å². The average molecular weight is 368 g/mol. The third-order valence-electron chi connectivity index (χ3n) is 9.36. The average Bonchev–Trinajstić information content (AvgIpc) is 2.94. The maximum Gasteiger partial charge on any atom is 0.0738 e. The van der Waals surface area contributed by atoms with E-state index in [1.54, 1.807) is 0 Å². The van der Waals surface area contributed by atoms with Gasteiger partial charge in [-0.3, -0.25) is 4.98 Å². The van der Waals surface area contributed by atoms with Crippen LogP contribution in [0.5, 0.6) is 0 Å². The lowest BCUT2D eigenvalue weighted by molar-refractivity contribution is -0.178. The number of aromatic nitrogens is 1. The van der Waals surface area contributed by atoms with E-state index >= 15 is 0 Å². The molecule has 1 aromatic heterocycles. The van der Waals surface area contributed by atoms with Crippen molar-refractivity contribution in [2.24, 2.45) is 22.7 Å². The summed E-state index contributed by atoms with van der Waals surface area (Å²) in [7, 11) is 0. The van der Waals surface area contributed by atoms with Crippen LogP contribution in [0.15, 0.2) is 36.2 Å². The van der Waals surface area contributed by atoms with Crippen molar-refractivity contribution in [3.63, 3.8) is 0 Å². The lowest BCUT2D eigenvalue weighted by Crippen LogP contribution is -2.60. The molecule has 3 nitrogen and oxygen atoms in total. The van der Waals surface area contributed by atoms with Crippen molar-refractivity contribution in [1.29, 1.82) is 0 Å². The van der Waals surface area contributed by atoms with E-state index < -0.39 is 5.60 Å². The number of aliphatic hydroxyl groups excluding tert-OH is 1. The van der Waals surface area contributed by atoms with Crippen LogP contribution in [0.2, 0.25) is 0 Å². The van der Waals surface area contributed by atoms with Gasteiger partial charge in [-0.1, -0.05) is 31.6 Å². The molecular formula is C24H33NO2. The Morgan fingerprint density at radius 3 is 2.67 bits per heavy atom. The Morgan fingerprint density at radius 2 is 1.89 bits per heavy atom. The molecular weight excluding hydrogens is 334 g/mol. The quantitative estimate of drug-likeness (QED) is 0.713. The summed E-state index contributed by atoms with van der Waals surface area (Å²) in [5, 5.41) is 22.3. The summed E-state index contributed by atoms with van der Waals surface area (Å²) in [6.45, 7) is 4.77. The van der Waals surface area contributed by atoms with Gasteiger partial charge < -0.3 is 10.2 Å². The predicted molar refractivity (Wildman–Crippen MR) is 106 cm³/mol. The van der Waals surface area contributed by atoms with E-state index in [0.717, 1.165) is 44.9 Å². The Hall–Kier alpha value is -1.19. The van der Waals surface area contributed by atoms with Crippen molar-refractivity contribution in [1.82, 2.24) is 4.98 Å². The highest BCUT2D eigenvalue weighted by Gasteiger charge is 2.66. The molecule has 146 valence electrons. The van der Waals surface area contributed by atoms with Gasteiger partial charge in [0.15, 0.2) is 0 Å². The Kier molecular flexibility index (Phi) is 3.91. The van der Waals surface area contributed by atoms with Gasteiger partial charge in [0.1, 0.15) is 0 Å². The van der Waals surface area contributed by atoms with Crippen molar-refractivity contribution >= 4 is 0 Å². The molecule has 3 saturated carbocycles. The highest BCUT2D eigenvalue weighted by molar-refractivity contribution is 5.31. The van der Waals surface area contributed by atoms with Crippen LogP contribution in [0, 0.1) is 22.7 Å². The summed E-state index contributed by atoms with van der Waals surface area (Å²) in [6.07, 6.45) is 14.1. The van der Waals surface area contributed by atoms with Crippen LogP contribution in [0.4, 0.5) is 0 Å². The van der Waals surface area contributed by atoms with Crippen LogP contribution in [0.1, 0.15) is 76.7 Å². The van der Waals surface area contributed by atoms with Gasteiger partial charge in [0, 0.05) is 17.8 Å². The lowest BCUT2D eigenvalue weighted by atomic mass is 9.45. The molecule has 1 heterocycles. The first-order valence-corrected chi connectivity index (χ1v) is 10.9. The summed E-state index contributed by atoms with van der Waals surface area (Å²) in [5.41, 5.74) is 2.32. The normalized spacial score (nSPS) is 49.0. The molecule has 3 heteroatoms. The number of hydrogen-bond donors (Lipinski definition) is 2. The molecule has 2 unspecified atom stereocenters. The lowest BCUT2D eigenvalue weighted by Gasteiger charge is -2.61. The van der Waals surface area contributed by atoms with Crippen molar-refractivity contribution in [3.8, 4) is 0 Å². The molecule has 2 N–H and O–H groups in total. The molecule has 4 aliphatic rings. The summed E-state index contributed by atoms with van der Waals surface area (Å²) >= 11 is 0. The first-order chi connectivity index (χ1) is 12.9. The van der Waals surface area contributed by atoms with E-state index in [1.807, 2.05) is 18.5 Å². The maximum atomic E-state index is 12.2. The van der Waals surface area contributed by atoms with Crippen LogP contribution >= 0.6 is 0 Å². The highest BCUT2D eigenvalue weighted by atomic mass is 16.3. The van der Waals surface area contributed by atoms with E-state index in [0.29, 0.717) is 17.8 Å². The number of rotatable bonds is 1. The minimum absolute atomic E-state index is 0.0526. The minimum atomic E-state index is -0.568. The zero-order valence-electron chi connectivity index (χ0n) is 16.7. The van der Waals surface area contributed by atoms with E-state index in [2.05, 4.69) is 31.0 Å². The van der Waals surface area contributed by atoms with Gasteiger partial charge in [0.2, 0.25) is 0 Å². The van der Waals surface area contributed by atoms with Crippen molar-refractivity contribution < 1.29 is 10.2 Å². The molecule has 0 aliphatic heterocycles. The molecule has 0 spiro atoms. The first-order valence-electron chi connectivity index (χ1n) is 10.9. The number of aliphatic hydroxyl groups is 2. The zero-order chi connectivity index (χ0) is 18.9. The van der Waals surface area contributed by atoms with Crippen molar-refractivity contribution in [3.05, 3.63) is 41.7 Å². The second-order valence-corrected chi connectivity index (χ2v) is 10.2. The van der Waals surface area contributed by atoms with Crippen LogP contribution in [-0.4, -0.2) is 26.9 Å².